The lowest BCUT2D eigenvalue weighted by atomic mass is 9.94. The molecule has 5 heteroatoms. The second-order valence-corrected chi connectivity index (χ2v) is 5.94. The Hall–Kier alpha value is -1.29. The number of hydrogen-bond donors (Lipinski definition) is 1. The molecule has 18 heavy (non-hydrogen) atoms. The number of nitrogens with zero attached hydrogens (tertiary/aromatic N) is 3. The highest BCUT2D eigenvalue weighted by molar-refractivity contribution is 6.33. The van der Waals surface area contributed by atoms with E-state index < -0.39 is 0 Å². The van der Waals surface area contributed by atoms with Gasteiger partial charge in [-0.25, -0.2) is 4.98 Å². The molecule has 0 bridgehead atoms. The van der Waals surface area contributed by atoms with Crippen molar-refractivity contribution in [3.63, 3.8) is 0 Å². The summed E-state index contributed by atoms with van der Waals surface area (Å²) >= 11 is 6.11. The van der Waals surface area contributed by atoms with E-state index in [9.17, 15) is 0 Å². The first kappa shape index (κ1) is 10.6. The van der Waals surface area contributed by atoms with Crippen molar-refractivity contribution in [3.05, 3.63) is 23.0 Å². The van der Waals surface area contributed by atoms with E-state index in [-0.39, 0.29) is 0 Å². The van der Waals surface area contributed by atoms with Gasteiger partial charge in [0.25, 0.3) is 0 Å². The van der Waals surface area contributed by atoms with Gasteiger partial charge in [-0.3, -0.25) is 0 Å². The molecule has 2 aliphatic carbocycles. The van der Waals surface area contributed by atoms with Crippen molar-refractivity contribution in [3.8, 4) is 0 Å². The molecular formula is C13H15ClN4. The third-order valence-electron chi connectivity index (χ3n) is 4.08. The van der Waals surface area contributed by atoms with E-state index in [1.807, 2.05) is 6.07 Å². The number of rotatable bonds is 3. The van der Waals surface area contributed by atoms with Crippen LogP contribution < -0.4 is 5.73 Å². The summed E-state index contributed by atoms with van der Waals surface area (Å²) in [6.45, 7) is 0. The molecule has 4 nitrogen and oxygen atoms in total. The lowest BCUT2D eigenvalue weighted by Crippen LogP contribution is -2.10. The van der Waals surface area contributed by atoms with Gasteiger partial charge < -0.3 is 5.73 Å². The normalized spacial score (nSPS) is 19.9. The molecule has 0 unspecified atom stereocenters. The summed E-state index contributed by atoms with van der Waals surface area (Å²) in [5.74, 6) is 2.85. The fourth-order valence-electron chi connectivity index (χ4n) is 2.93. The Kier molecular flexibility index (Phi) is 2.13. The molecule has 2 aromatic heterocycles. The van der Waals surface area contributed by atoms with Gasteiger partial charge in [0.1, 0.15) is 10.8 Å². The van der Waals surface area contributed by atoms with Gasteiger partial charge in [-0.15, -0.1) is 0 Å². The summed E-state index contributed by atoms with van der Waals surface area (Å²) in [4.78, 5) is 4.71. The van der Waals surface area contributed by atoms with Gasteiger partial charge in [0.2, 0.25) is 0 Å². The van der Waals surface area contributed by atoms with E-state index >= 15 is 0 Å². The van der Waals surface area contributed by atoms with Crippen LogP contribution in [-0.2, 0) is 0 Å². The summed E-state index contributed by atoms with van der Waals surface area (Å²) in [6, 6.07) is 1.98. The predicted octanol–water partition coefficient (Wildman–Crippen LogP) is 2.87. The quantitative estimate of drug-likeness (QED) is 0.925. The molecule has 2 heterocycles. The number of halogens is 1. The minimum atomic E-state index is 0.578. The summed E-state index contributed by atoms with van der Waals surface area (Å²) in [6.07, 6.45) is 6.94. The van der Waals surface area contributed by atoms with E-state index in [1.54, 1.807) is 10.7 Å². The van der Waals surface area contributed by atoms with E-state index in [2.05, 4.69) is 5.10 Å². The maximum absolute atomic E-state index is 6.11. The molecule has 0 radical (unpaired) electrons. The van der Waals surface area contributed by atoms with Crippen LogP contribution in [0.25, 0.3) is 5.65 Å². The molecule has 2 saturated carbocycles. The van der Waals surface area contributed by atoms with Crippen molar-refractivity contribution < 1.29 is 0 Å². The number of nitrogen functional groups attached to an aromatic ring is 1. The Morgan fingerprint density at radius 3 is 2.56 bits per heavy atom. The Morgan fingerprint density at radius 2 is 1.94 bits per heavy atom. The van der Waals surface area contributed by atoms with Crippen LogP contribution in [-0.4, -0.2) is 14.6 Å². The molecule has 2 N–H and O–H groups in total. The first-order valence-corrected chi connectivity index (χ1v) is 6.91. The van der Waals surface area contributed by atoms with E-state index in [0.29, 0.717) is 22.4 Å². The second kappa shape index (κ2) is 3.60. The van der Waals surface area contributed by atoms with E-state index in [0.717, 1.165) is 17.5 Å². The largest absolute Gasteiger partial charge is 0.384 e. The van der Waals surface area contributed by atoms with Crippen molar-refractivity contribution in [2.45, 2.75) is 31.6 Å². The molecule has 0 saturated heterocycles. The number of hydrogen-bond acceptors (Lipinski definition) is 3. The van der Waals surface area contributed by atoms with Crippen molar-refractivity contribution in [2.24, 2.45) is 11.8 Å². The Bertz CT molecular complexity index is 601. The number of anilines is 1. The van der Waals surface area contributed by atoms with Crippen LogP contribution in [0.1, 0.15) is 37.3 Å². The molecule has 94 valence electrons. The van der Waals surface area contributed by atoms with Crippen LogP contribution in [0.5, 0.6) is 0 Å². The van der Waals surface area contributed by atoms with Gasteiger partial charge in [-0.2, -0.15) is 9.61 Å². The standard InChI is InChI=1S/C13H15ClN4/c14-9-6-16-18-11(15)5-10(17-13(9)18)12(7-1-2-7)8-3-4-8/h5-8,12H,1-4,15H2. The molecule has 0 spiro atoms. The topological polar surface area (TPSA) is 56.2 Å². The molecule has 2 fully saturated rings. The molecule has 0 aliphatic heterocycles. The third-order valence-corrected chi connectivity index (χ3v) is 4.34. The van der Waals surface area contributed by atoms with Gasteiger partial charge in [0.05, 0.1) is 11.9 Å². The molecule has 0 aromatic carbocycles. The zero-order chi connectivity index (χ0) is 12.3. The van der Waals surface area contributed by atoms with Crippen molar-refractivity contribution in [1.29, 1.82) is 0 Å². The molecule has 2 aliphatic rings. The average molecular weight is 263 g/mol. The highest BCUT2D eigenvalue weighted by Gasteiger charge is 2.43. The van der Waals surface area contributed by atoms with Gasteiger partial charge in [-0.05, 0) is 37.5 Å². The van der Waals surface area contributed by atoms with Crippen LogP contribution in [0.3, 0.4) is 0 Å². The molecule has 0 atom stereocenters. The summed E-state index contributed by atoms with van der Waals surface area (Å²) < 4.78 is 1.61. The van der Waals surface area contributed by atoms with Crippen molar-refractivity contribution in [1.82, 2.24) is 14.6 Å². The highest BCUT2D eigenvalue weighted by Crippen LogP contribution is 2.54. The maximum atomic E-state index is 6.11. The highest BCUT2D eigenvalue weighted by atomic mass is 35.5. The maximum Gasteiger partial charge on any atom is 0.176 e. The fraction of sp³-hybridized carbons (Fsp3) is 0.538. The van der Waals surface area contributed by atoms with Crippen LogP contribution in [0.4, 0.5) is 5.82 Å². The summed E-state index contributed by atoms with van der Waals surface area (Å²) in [5, 5.41) is 4.71. The minimum Gasteiger partial charge on any atom is -0.384 e. The van der Waals surface area contributed by atoms with Gasteiger partial charge >= 0.3 is 0 Å². The van der Waals surface area contributed by atoms with Crippen LogP contribution in [0, 0.1) is 11.8 Å². The summed E-state index contributed by atoms with van der Waals surface area (Å²) in [7, 11) is 0. The zero-order valence-electron chi connectivity index (χ0n) is 10.0. The van der Waals surface area contributed by atoms with Gasteiger partial charge in [0, 0.05) is 12.0 Å². The molecular weight excluding hydrogens is 248 g/mol. The Labute approximate surface area is 110 Å². The van der Waals surface area contributed by atoms with E-state index in [1.165, 1.54) is 25.7 Å². The van der Waals surface area contributed by atoms with Crippen LogP contribution in [0.2, 0.25) is 5.02 Å². The minimum absolute atomic E-state index is 0.578. The van der Waals surface area contributed by atoms with Crippen molar-refractivity contribution in [2.75, 3.05) is 5.73 Å². The number of aromatic nitrogens is 3. The lowest BCUT2D eigenvalue weighted by Gasteiger charge is -2.15. The average Bonchev–Trinajstić information content (AvgIpc) is 3.23. The Balaban J connectivity index is 1.85. The first-order valence-electron chi connectivity index (χ1n) is 6.53. The molecule has 0 amide bonds. The van der Waals surface area contributed by atoms with Gasteiger partial charge in [0.15, 0.2) is 5.65 Å². The lowest BCUT2D eigenvalue weighted by molar-refractivity contribution is 0.524. The number of nitrogens with two attached hydrogens (primary N) is 1. The predicted molar refractivity (Wildman–Crippen MR) is 70.6 cm³/mol. The van der Waals surface area contributed by atoms with Crippen LogP contribution >= 0.6 is 11.6 Å². The van der Waals surface area contributed by atoms with E-state index in [4.69, 9.17) is 22.3 Å². The third kappa shape index (κ3) is 1.59. The van der Waals surface area contributed by atoms with Crippen molar-refractivity contribution >= 4 is 23.1 Å². The van der Waals surface area contributed by atoms with Crippen LogP contribution in [0.15, 0.2) is 12.3 Å². The SMILES string of the molecule is Nc1cc(C(C2CC2)C2CC2)nc2c(Cl)cnn12. The second-order valence-electron chi connectivity index (χ2n) is 5.53. The summed E-state index contributed by atoms with van der Waals surface area (Å²) in [5.41, 5.74) is 7.86. The first-order chi connectivity index (χ1) is 8.74. The Morgan fingerprint density at radius 1 is 1.28 bits per heavy atom. The molecule has 2 aromatic rings. The fourth-order valence-corrected chi connectivity index (χ4v) is 3.09. The van der Waals surface area contributed by atoms with Gasteiger partial charge in [-0.1, -0.05) is 11.6 Å². The number of fused-ring (bicyclic) bond motifs is 1. The molecule has 4 rings (SSSR count). The smallest absolute Gasteiger partial charge is 0.176 e. The zero-order valence-corrected chi connectivity index (χ0v) is 10.8. The monoisotopic (exact) mass is 262 g/mol.